The lowest BCUT2D eigenvalue weighted by molar-refractivity contribution is -0.151. The zero-order valence-corrected chi connectivity index (χ0v) is 11.7. The highest BCUT2D eigenvalue weighted by Crippen LogP contribution is 2.30. The Bertz CT molecular complexity index is 381. The van der Waals surface area contributed by atoms with E-state index in [4.69, 9.17) is 0 Å². The number of amides is 1. The van der Waals surface area contributed by atoms with Crippen LogP contribution in [0.1, 0.15) is 33.1 Å². The molecule has 0 aromatic heterocycles. The summed E-state index contributed by atoms with van der Waals surface area (Å²) in [6, 6.07) is 0. The molecular formula is C15H23NO3. The number of likely N-dealkylation sites (tertiary alicyclic amines) is 1. The summed E-state index contributed by atoms with van der Waals surface area (Å²) >= 11 is 0. The molecule has 106 valence electrons. The molecule has 0 aromatic carbocycles. The van der Waals surface area contributed by atoms with Crippen molar-refractivity contribution in [2.24, 2.45) is 23.7 Å². The Balaban J connectivity index is 2.09. The zero-order chi connectivity index (χ0) is 14.0. The Kier molecular flexibility index (Phi) is 4.27. The van der Waals surface area contributed by atoms with Crippen LogP contribution in [-0.2, 0) is 9.59 Å². The van der Waals surface area contributed by atoms with Crippen molar-refractivity contribution in [3.8, 4) is 0 Å². The smallest absolute Gasteiger partial charge is 0.307 e. The molecule has 0 unspecified atom stereocenters. The van der Waals surface area contributed by atoms with Gasteiger partial charge in [0.15, 0.2) is 0 Å². The molecule has 0 radical (unpaired) electrons. The van der Waals surface area contributed by atoms with E-state index in [1.165, 1.54) is 0 Å². The molecule has 1 aliphatic carbocycles. The van der Waals surface area contributed by atoms with Crippen molar-refractivity contribution >= 4 is 11.9 Å². The highest BCUT2D eigenvalue weighted by atomic mass is 16.4. The molecule has 0 spiro atoms. The maximum atomic E-state index is 12.6. The number of nitrogens with zero attached hydrogens (tertiary/aromatic N) is 1. The van der Waals surface area contributed by atoms with Crippen LogP contribution >= 0.6 is 0 Å². The minimum Gasteiger partial charge on any atom is -0.481 e. The molecule has 0 saturated carbocycles. The lowest BCUT2D eigenvalue weighted by atomic mass is 9.81. The first-order valence-corrected chi connectivity index (χ1v) is 7.15. The fourth-order valence-electron chi connectivity index (χ4n) is 3.44. The zero-order valence-electron chi connectivity index (χ0n) is 11.7. The van der Waals surface area contributed by atoms with Gasteiger partial charge in [-0.15, -0.1) is 0 Å². The van der Waals surface area contributed by atoms with E-state index in [1.54, 1.807) is 0 Å². The van der Waals surface area contributed by atoms with Crippen molar-refractivity contribution in [3.63, 3.8) is 0 Å². The van der Waals surface area contributed by atoms with Gasteiger partial charge in [-0.25, -0.2) is 0 Å². The number of piperidine rings is 1. The first-order chi connectivity index (χ1) is 8.99. The van der Waals surface area contributed by atoms with Gasteiger partial charge in [-0.3, -0.25) is 9.59 Å². The van der Waals surface area contributed by atoms with Crippen LogP contribution in [-0.4, -0.2) is 35.0 Å². The number of carbonyl (C=O) groups is 2. The minimum atomic E-state index is -0.846. The van der Waals surface area contributed by atoms with E-state index >= 15 is 0 Å². The molecule has 0 bridgehead atoms. The van der Waals surface area contributed by atoms with Gasteiger partial charge in [-0.2, -0.15) is 0 Å². The summed E-state index contributed by atoms with van der Waals surface area (Å²) < 4.78 is 0. The molecule has 2 aliphatic rings. The van der Waals surface area contributed by atoms with Crippen LogP contribution < -0.4 is 0 Å². The second kappa shape index (κ2) is 5.76. The van der Waals surface area contributed by atoms with Crippen LogP contribution in [0.2, 0.25) is 0 Å². The van der Waals surface area contributed by atoms with Crippen molar-refractivity contribution in [3.05, 3.63) is 12.2 Å². The number of hydrogen-bond donors (Lipinski definition) is 1. The molecule has 1 saturated heterocycles. The number of carboxylic acid groups (broad SMARTS) is 1. The van der Waals surface area contributed by atoms with Crippen molar-refractivity contribution in [2.75, 3.05) is 13.1 Å². The van der Waals surface area contributed by atoms with Crippen molar-refractivity contribution in [2.45, 2.75) is 33.1 Å². The Labute approximate surface area is 114 Å². The number of allylic oxidation sites excluding steroid dienone is 2. The van der Waals surface area contributed by atoms with Gasteiger partial charge in [0.1, 0.15) is 0 Å². The first-order valence-electron chi connectivity index (χ1n) is 7.15. The van der Waals surface area contributed by atoms with Gasteiger partial charge in [-0.05, 0) is 31.1 Å². The summed E-state index contributed by atoms with van der Waals surface area (Å²) in [7, 11) is 0. The number of carbonyl (C=O) groups excluding carboxylic acids is 1. The van der Waals surface area contributed by atoms with Gasteiger partial charge < -0.3 is 10.0 Å². The van der Waals surface area contributed by atoms with Crippen LogP contribution in [0.5, 0.6) is 0 Å². The molecule has 4 nitrogen and oxygen atoms in total. The normalized spacial score (nSPS) is 35.2. The van der Waals surface area contributed by atoms with E-state index in [0.717, 1.165) is 19.5 Å². The highest BCUT2D eigenvalue weighted by molar-refractivity contribution is 5.85. The Morgan fingerprint density at radius 3 is 2.11 bits per heavy atom. The SMILES string of the molecule is C[C@@H]1C[C@H](C)CN(C(=O)[C@@H]2CC=CC[C@@H]2C(=O)O)C1. The molecule has 4 heteroatoms. The first kappa shape index (κ1) is 14.1. The summed E-state index contributed by atoms with van der Waals surface area (Å²) in [5.74, 6) is -0.716. The lowest BCUT2D eigenvalue weighted by Gasteiger charge is -2.38. The van der Waals surface area contributed by atoms with Crippen LogP contribution in [0.3, 0.4) is 0 Å². The third-order valence-corrected chi connectivity index (χ3v) is 4.25. The quantitative estimate of drug-likeness (QED) is 0.778. The average molecular weight is 265 g/mol. The fourth-order valence-corrected chi connectivity index (χ4v) is 3.44. The van der Waals surface area contributed by atoms with Crippen LogP contribution in [0.4, 0.5) is 0 Å². The number of aliphatic carboxylic acids is 1. The monoisotopic (exact) mass is 265 g/mol. The molecular weight excluding hydrogens is 242 g/mol. The van der Waals surface area contributed by atoms with Crippen LogP contribution in [0.25, 0.3) is 0 Å². The van der Waals surface area contributed by atoms with Crippen molar-refractivity contribution in [1.82, 2.24) is 4.90 Å². The van der Waals surface area contributed by atoms with Gasteiger partial charge >= 0.3 is 5.97 Å². The van der Waals surface area contributed by atoms with E-state index in [2.05, 4.69) is 13.8 Å². The Hall–Kier alpha value is -1.32. The summed E-state index contributed by atoms with van der Waals surface area (Å²) in [4.78, 5) is 25.8. The Morgan fingerprint density at radius 2 is 1.58 bits per heavy atom. The van der Waals surface area contributed by atoms with Gasteiger partial charge in [-0.1, -0.05) is 26.0 Å². The van der Waals surface area contributed by atoms with Crippen LogP contribution in [0, 0.1) is 23.7 Å². The average Bonchev–Trinajstić information content (AvgIpc) is 2.36. The van der Waals surface area contributed by atoms with E-state index in [9.17, 15) is 14.7 Å². The minimum absolute atomic E-state index is 0.0372. The van der Waals surface area contributed by atoms with E-state index in [-0.39, 0.29) is 11.8 Å². The van der Waals surface area contributed by atoms with E-state index in [1.807, 2.05) is 17.1 Å². The summed E-state index contributed by atoms with van der Waals surface area (Å²) in [6.45, 7) is 5.86. The summed E-state index contributed by atoms with van der Waals surface area (Å²) in [6.07, 6.45) is 6.01. The summed E-state index contributed by atoms with van der Waals surface area (Å²) in [5, 5.41) is 9.26. The van der Waals surface area contributed by atoms with E-state index in [0.29, 0.717) is 24.7 Å². The topological polar surface area (TPSA) is 57.6 Å². The molecule has 2 rings (SSSR count). The second-order valence-electron chi connectivity index (χ2n) is 6.18. The van der Waals surface area contributed by atoms with Gasteiger partial charge in [0.25, 0.3) is 0 Å². The lowest BCUT2D eigenvalue weighted by Crippen LogP contribution is -2.47. The Morgan fingerprint density at radius 1 is 1.05 bits per heavy atom. The third kappa shape index (κ3) is 3.17. The number of hydrogen-bond acceptors (Lipinski definition) is 2. The van der Waals surface area contributed by atoms with Gasteiger partial charge in [0, 0.05) is 13.1 Å². The molecule has 0 aromatic rings. The number of carboxylic acids is 1. The predicted octanol–water partition coefficient (Wildman–Crippen LogP) is 2.16. The van der Waals surface area contributed by atoms with Crippen LogP contribution in [0.15, 0.2) is 12.2 Å². The summed E-state index contributed by atoms with van der Waals surface area (Å²) in [5.41, 5.74) is 0. The van der Waals surface area contributed by atoms with Gasteiger partial charge in [0.05, 0.1) is 11.8 Å². The fraction of sp³-hybridized carbons (Fsp3) is 0.733. The highest BCUT2D eigenvalue weighted by Gasteiger charge is 2.37. The molecule has 1 N–H and O–H groups in total. The third-order valence-electron chi connectivity index (χ3n) is 4.25. The molecule has 1 fully saturated rings. The van der Waals surface area contributed by atoms with Gasteiger partial charge in [0.2, 0.25) is 5.91 Å². The molecule has 1 amide bonds. The maximum Gasteiger partial charge on any atom is 0.307 e. The van der Waals surface area contributed by atoms with E-state index < -0.39 is 11.9 Å². The maximum absolute atomic E-state index is 12.6. The molecule has 19 heavy (non-hydrogen) atoms. The molecule has 1 heterocycles. The second-order valence-corrected chi connectivity index (χ2v) is 6.18. The number of rotatable bonds is 2. The van der Waals surface area contributed by atoms with Crippen molar-refractivity contribution in [1.29, 1.82) is 0 Å². The van der Waals surface area contributed by atoms with Crippen molar-refractivity contribution < 1.29 is 14.7 Å². The molecule has 1 aliphatic heterocycles. The predicted molar refractivity (Wildman–Crippen MR) is 72.5 cm³/mol. The largest absolute Gasteiger partial charge is 0.481 e. The standard InChI is InChI=1S/C15H23NO3/c1-10-7-11(2)9-16(8-10)14(17)12-5-3-4-6-13(12)15(18)19/h3-4,10-13H,5-9H2,1-2H3,(H,18,19)/t10-,11+,12-,13+/m1/s1. The molecule has 4 atom stereocenters.